The highest BCUT2D eigenvalue weighted by Gasteiger charge is 2.48. The summed E-state index contributed by atoms with van der Waals surface area (Å²) in [6.07, 6.45) is 24.5. The third-order valence-electron chi connectivity index (χ3n) is 8.17. The Hall–Kier alpha value is -1.94. The maximum absolute atomic E-state index is 12.7. The summed E-state index contributed by atoms with van der Waals surface area (Å²) < 4.78 is 58.7. The lowest BCUT2D eigenvalue weighted by Crippen LogP contribution is -2.60. The molecule has 0 aromatic rings. The van der Waals surface area contributed by atoms with Crippen molar-refractivity contribution in [2.75, 3.05) is 26.4 Å². The molecule has 6 unspecified atom stereocenters. The number of allylic oxidation sites excluding steroid dienone is 8. The Bertz CT molecular complexity index is 1090. The van der Waals surface area contributed by atoms with E-state index in [0.29, 0.717) is 13.0 Å². The third-order valence-corrected chi connectivity index (χ3v) is 8.63. The Kier molecular flexibility index (Phi) is 28.2. The van der Waals surface area contributed by atoms with Gasteiger partial charge in [0.1, 0.15) is 30.5 Å². The Morgan fingerprint density at radius 2 is 1.35 bits per heavy atom. The zero-order valence-corrected chi connectivity index (χ0v) is 31.7. The molecule has 51 heavy (non-hydrogen) atoms. The Balaban J connectivity index is 2.54. The smallest absolute Gasteiger partial charge is 0.397 e. The SMILES string of the molecule is CC/C=C\C/C=C\C/C=C\CCCCCCOCC(COC1OC(CO)C(O)C(OS(=O)(=O)O)C1O)OC(=O)CCCCCCC/C=C\CCC. The van der Waals surface area contributed by atoms with Crippen LogP contribution in [0.4, 0.5) is 0 Å². The van der Waals surface area contributed by atoms with E-state index in [1.54, 1.807) is 0 Å². The third kappa shape index (κ3) is 24.8. The number of carbonyl (C=O) groups is 1. The van der Waals surface area contributed by atoms with Crippen LogP contribution in [0, 0.1) is 0 Å². The molecule has 1 saturated heterocycles. The molecule has 1 aliphatic heterocycles. The van der Waals surface area contributed by atoms with Gasteiger partial charge >= 0.3 is 16.4 Å². The molecule has 0 radical (unpaired) electrons. The van der Waals surface area contributed by atoms with Crippen LogP contribution in [0.3, 0.4) is 0 Å². The van der Waals surface area contributed by atoms with E-state index in [1.165, 1.54) is 0 Å². The maximum Gasteiger partial charge on any atom is 0.397 e. The molecule has 1 heterocycles. The van der Waals surface area contributed by atoms with E-state index in [1.807, 2.05) is 0 Å². The molecule has 0 spiro atoms. The lowest BCUT2D eigenvalue weighted by molar-refractivity contribution is -0.301. The predicted molar refractivity (Wildman–Crippen MR) is 197 cm³/mol. The predicted octanol–water partition coefficient (Wildman–Crippen LogP) is 6.45. The average molecular weight is 747 g/mol. The molecule has 0 amide bonds. The van der Waals surface area contributed by atoms with Gasteiger partial charge in [0.2, 0.25) is 0 Å². The van der Waals surface area contributed by atoms with Gasteiger partial charge in [-0.25, -0.2) is 4.18 Å². The average Bonchev–Trinajstić information content (AvgIpc) is 3.09. The summed E-state index contributed by atoms with van der Waals surface area (Å²) in [5.41, 5.74) is 0. The van der Waals surface area contributed by atoms with Crippen molar-refractivity contribution in [1.82, 2.24) is 0 Å². The topological polar surface area (TPSA) is 178 Å². The molecule has 12 nitrogen and oxygen atoms in total. The number of unbranched alkanes of at least 4 members (excludes halogenated alkanes) is 10. The molecule has 0 aromatic carbocycles. The van der Waals surface area contributed by atoms with E-state index in [0.717, 1.165) is 96.3 Å². The number of esters is 1. The van der Waals surface area contributed by atoms with Gasteiger partial charge in [0.05, 0.1) is 19.8 Å². The molecule has 0 aliphatic carbocycles. The van der Waals surface area contributed by atoms with Crippen LogP contribution >= 0.6 is 0 Å². The summed E-state index contributed by atoms with van der Waals surface area (Å²) >= 11 is 0. The van der Waals surface area contributed by atoms with Crippen LogP contribution in [0.5, 0.6) is 0 Å². The van der Waals surface area contributed by atoms with Gasteiger partial charge in [0, 0.05) is 13.0 Å². The van der Waals surface area contributed by atoms with Crippen molar-refractivity contribution in [1.29, 1.82) is 0 Å². The maximum atomic E-state index is 12.7. The fourth-order valence-corrected chi connectivity index (χ4v) is 5.84. The second-order valence-electron chi connectivity index (χ2n) is 12.8. The summed E-state index contributed by atoms with van der Waals surface area (Å²) in [5.74, 6) is -0.423. The van der Waals surface area contributed by atoms with E-state index in [9.17, 15) is 28.5 Å². The molecule has 13 heteroatoms. The van der Waals surface area contributed by atoms with Crippen molar-refractivity contribution in [3.8, 4) is 0 Å². The van der Waals surface area contributed by atoms with Gasteiger partial charge in [-0.15, -0.1) is 0 Å². The van der Waals surface area contributed by atoms with Crippen LogP contribution in [0.1, 0.15) is 123 Å². The van der Waals surface area contributed by atoms with Crippen molar-refractivity contribution in [2.45, 2.75) is 160 Å². The van der Waals surface area contributed by atoms with Crippen LogP contribution in [-0.4, -0.2) is 97.5 Å². The fraction of sp³-hybridized carbons (Fsp3) is 0.763. The summed E-state index contributed by atoms with van der Waals surface area (Å²) in [4.78, 5) is 12.7. The first-order valence-electron chi connectivity index (χ1n) is 18.9. The Labute approximate surface area is 306 Å². The number of hydrogen-bond acceptors (Lipinski definition) is 11. The zero-order chi connectivity index (χ0) is 37.6. The minimum atomic E-state index is -5.06. The summed E-state index contributed by atoms with van der Waals surface area (Å²) in [5, 5.41) is 30.5. The minimum absolute atomic E-state index is 0.0155. The monoisotopic (exact) mass is 746 g/mol. The van der Waals surface area contributed by atoms with Gasteiger partial charge in [-0.05, 0) is 64.2 Å². The lowest BCUT2D eigenvalue weighted by Gasteiger charge is -2.41. The van der Waals surface area contributed by atoms with E-state index in [-0.39, 0.29) is 19.6 Å². The van der Waals surface area contributed by atoms with Crippen molar-refractivity contribution in [2.24, 2.45) is 0 Å². The van der Waals surface area contributed by atoms with Gasteiger partial charge in [0.15, 0.2) is 6.29 Å². The number of ether oxygens (including phenoxy) is 4. The first kappa shape index (κ1) is 47.1. The Morgan fingerprint density at radius 1 is 0.765 bits per heavy atom. The van der Waals surface area contributed by atoms with Gasteiger partial charge in [0.25, 0.3) is 0 Å². The van der Waals surface area contributed by atoms with Crippen molar-refractivity contribution in [3.05, 3.63) is 48.6 Å². The Morgan fingerprint density at radius 3 is 2.00 bits per heavy atom. The van der Waals surface area contributed by atoms with Gasteiger partial charge < -0.3 is 34.3 Å². The molecule has 1 rings (SSSR count). The van der Waals surface area contributed by atoms with Crippen LogP contribution in [0.15, 0.2) is 48.6 Å². The molecule has 0 aromatic heterocycles. The molecule has 6 atom stereocenters. The number of carbonyl (C=O) groups excluding carboxylic acids is 1. The highest BCUT2D eigenvalue weighted by molar-refractivity contribution is 7.80. The van der Waals surface area contributed by atoms with Crippen molar-refractivity contribution >= 4 is 16.4 Å². The highest BCUT2D eigenvalue weighted by Crippen LogP contribution is 2.26. The molecule has 1 fully saturated rings. The largest absolute Gasteiger partial charge is 0.457 e. The number of aliphatic hydroxyl groups is 3. The number of aliphatic hydroxyl groups excluding tert-OH is 3. The van der Waals surface area contributed by atoms with E-state index in [2.05, 4.69) is 66.6 Å². The van der Waals surface area contributed by atoms with Crippen molar-refractivity contribution < 1.29 is 56.2 Å². The quantitative estimate of drug-likeness (QED) is 0.0264. The molecule has 0 saturated carbocycles. The second kappa shape index (κ2) is 30.5. The summed E-state index contributed by atoms with van der Waals surface area (Å²) in [6.45, 7) is 3.70. The lowest BCUT2D eigenvalue weighted by atomic mass is 9.99. The second-order valence-corrected chi connectivity index (χ2v) is 13.8. The van der Waals surface area contributed by atoms with Crippen LogP contribution in [0.25, 0.3) is 0 Å². The first-order valence-corrected chi connectivity index (χ1v) is 20.3. The van der Waals surface area contributed by atoms with Crippen LogP contribution in [0.2, 0.25) is 0 Å². The summed E-state index contributed by atoms with van der Waals surface area (Å²) in [6, 6.07) is 0. The van der Waals surface area contributed by atoms with Gasteiger partial charge in [-0.3, -0.25) is 9.35 Å². The van der Waals surface area contributed by atoms with Crippen LogP contribution < -0.4 is 0 Å². The molecular weight excluding hydrogens is 680 g/mol. The zero-order valence-electron chi connectivity index (χ0n) is 30.9. The molecular formula is C38H66O12S. The first-order chi connectivity index (χ1) is 24.6. The fourth-order valence-electron chi connectivity index (χ4n) is 5.33. The van der Waals surface area contributed by atoms with E-state index < -0.39 is 59.8 Å². The minimum Gasteiger partial charge on any atom is -0.457 e. The van der Waals surface area contributed by atoms with Gasteiger partial charge in [-0.1, -0.05) is 101 Å². The molecule has 0 bridgehead atoms. The number of hydrogen-bond donors (Lipinski definition) is 4. The van der Waals surface area contributed by atoms with E-state index in [4.69, 9.17) is 23.5 Å². The number of rotatable bonds is 31. The molecule has 1 aliphatic rings. The normalized spacial score (nSPS) is 22.2. The van der Waals surface area contributed by atoms with Gasteiger partial charge in [-0.2, -0.15) is 8.42 Å². The standard InChI is InChI=1S/C38H66O12S/c1-3-5-7-9-11-13-15-16-17-18-20-22-24-26-28-46-30-32(48-34(40)27-25-23-21-19-14-12-10-8-6-4-2)31-47-38-36(42)37(50-51(43,44)45)35(41)33(29-39)49-38/h5,7-8,10-11,13,16-17,32-33,35-39,41-42H,3-4,6,9,12,14-15,18-31H2,1-2H3,(H,43,44,45)/b7-5-,10-8-,13-11-,17-16-. The molecule has 4 N–H and O–H groups in total. The van der Waals surface area contributed by atoms with Crippen molar-refractivity contribution in [3.63, 3.8) is 0 Å². The van der Waals surface area contributed by atoms with Crippen LogP contribution in [-0.2, 0) is 38.3 Å². The highest BCUT2D eigenvalue weighted by atomic mass is 32.3. The molecule has 296 valence electrons. The summed E-state index contributed by atoms with van der Waals surface area (Å²) in [7, 11) is -5.06. The van der Waals surface area contributed by atoms with E-state index >= 15 is 0 Å².